The second-order valence-corrected chi connectivity index (χ2v) is 9.35. The number of carbonyl (C=O) groups excluding carboxylic acids is 2. The van der Waals surface area contributed by atoms with Crippen LogP contribution < -0.4 is 4.74 Å². The van der Waals surface area contributed by atoms with Gasteiger partial charge in [0.15, 0.2) is 0 Å². The van der Waals surface area contributed by atoms with Crippen molar-refractivity contribution in [2.45, 2.75) is 32.2 Å². The number of ether oxygens (including phenoxy) is 2. The molecule has 2 heterocycles. The molecule has 0 radical (unpaired) electrons. The van der Waals surface area contributed by atoms with Crippen molar-refractivity contribution in [3.8, 4) is 5.75 Å². The second-order valence-electron chi connectivity index (χ2n) is 9.35. The highest BCUT2D eigenvalue weighted by Crippen LogP contribution is 2.40. The van der Waals surface area contributed by atoms with E-state index in [1.807, 2.05) is 24.3 Å². The SMILES string of the molecule is COc1ccc(/C(O)=C2/C(=O)C(=O)N(CCCN3CCOCC3)C2c2ccc(C(C)C)cc2)cc1. The number of likely N-dealkylation sites (tertiary alicyclic amines) is 1. The van der Waals surface area contributed by atoms with Gasteiger partial charge >= 0.3 is 0 Å². The van der Waals surface area contributed by atoms with E-state index in [1.165, 1.54) is 5.56 Å². The van der Waals surface area contributed by atoms with Gasteiger partial charge in [-0.25, -0.2) is 0 Å². The topological polar surface area (TPSA) is 79.3 Å². The molecule has 4 rings (SSSR count). The van der Waals surface area contributed by atoms with Crippen molar-refractivity contribution < 1.29 is 24.2 Å². The molecule has 2 aliphatic heterocycles. The first-order valence-electron chi connectivity index (χ1n) is 12.2. The number of nitrogens with zero attached hydrogens (tertiary/aromatic N) is 2. The number of hydrogen-bond acceptors (Lipinski definition) is 6. The highest BCUT2D eigenvalue weighted by Gasteiger charge is 2.45. The number of methoxy groups -OCH3 is 1. The number of benzene rings is 2. The molecule has 7 nitrogen and oxygen atoms in total. The van der Waals surface area contributed by atoms with Crippen molar-refractivity contribution in [3.05, 3.63) is 70.8 Å². The van der Waals surface area contributed by atoms with Gasteiger partial charge in [0.1, 0.15) is 11.5 Å². The number of morpholine rings is 1. The fraction of sp³-hybridized carbons (Fsp3) is 0.429. The fourth-order valence-electron chi connectivity index (χ4n) is 4.71. The first kappa shape index (κ1) is 24.9. The molecule has 0 bridgehead atoms. The number of Topliss-reactive ketones (excluding diaryl/α,β-unsaturated/α-hetero) is 1. The Labute approximate surface area is 206 Å². The zero-order chi connectivity index (χ0) is 24.9. The molecule has 35 heavy (non-hydrogen) atoms. The predicted molar refractivity (Wildman–Crippen MR) is 134 cm³/mol. The lowest BCUT2D eigenvalue weighted by Gasteiger charge is -2.29. The van der Waals surface area contributed by atoms with Crippen LogP contribution in [0, 0.1) is 0 Å². The molecule has 7 heteroatoms. The van der Waals surface area contributed by atoms with Crippen LogP contribution in [0.5, 0.6) is 5.75 Å². The molecule has 1 unspecified atom stereocenters. The average Bonchev–Trinajstić information content (AvgIpc) is 3.14. The Bertz CT molecular complexity index is 1070. The summed E-state index contributed by atoms with van der Waals surface area (Å²) in [5, 5.41) is 11.2. The van der Waals surface area contributed by atoms with Gasteiger partial charge in [-0.15, -0.1) is 0 Å². The molecule has 1 amide bonds. The van der Waals surface area contributed by atoms with Crippen molar-refractivity contribution in [1.29, 1.82) is 0 Å². The van der Waals surface area contributed by atoms with Gasteiger partial charge in [-0.05, 0) is 47.7 Å². The van der Waals surface area contributed by atoms with Crippen molar-refractivity contribution in [1.82, 2.24) is 9.80 Å². The first-order valence-corrected chi connectivity index (χ1v) is 12.2. The minimum Gasteiger partial charge on any atom is -0.507 e. The number of rotatable bonds is 8. The van der Waals surface area contributed by atoms with Crippen LogP contribution in [0.3, 0.4) is 0 Å². The van der Waals surface area contributed by atoms with E-state index in [4.69, 9.17) is 9.47 Å². The van der Waals surface area contributed by atoms with Gasteiger partial charge in [0, 0.05) is 31.7 Å². The summed E-state index contributed by atoms with van der Waals surface area (Å²) in [6, 6.07) is 14.2. The van der Waals surface area contributed by atoms with Crippen LogP contribution in [-0.4, -0.2) is 73.1 Å². The molecule has 1 N–H and O–H groups in total. The summed E-state index contributed by atoms with van der Waals surface area (Å²) in [5.74, 6) is -0.378. The Morgan fingerprint density at radius 3 is 2.29 bits per heavy atom. The fourth-order valence-corrected chi connectivity index (χ4v) is 4.71. The van der Waals surface area contributed by atoms with Crippen molar-refractivity contribution in [2.24, 2.45) is 0 Å². The minimum absolute atomic E-state index is 0.129. The van der Waals surface area contributed by atoms with Crippen molar-refractivity contribution in [2.75, 3.05) is 46.5 Å². The summed E-state index contributed by atoms with van der Waals surface area (Å²) >= 11 is 0. The van der Waals surface area contributed by atoms with Gasteiger partial charge in [0.05, 0.1) is 31.9 Å². The van der Waals surface area contributed by atoms with Gasteiger partial charge in [-0.3, -0.25) is 14.5 Å². The molecular formula is C28H34N2O5. The largest absolute Gasteiger partial charge is 0.507 e. The summed E-state index contributed by atoms with van der Waals surface area (Å²) in [4.78, 5) is 30.3. The van der Waals surface area contributed by atoms with Crippen LogP contribution in [0.2, 0.25) is 0 Å². The van der Waals surface area contributed by atoms with Gasteiger partial charge < -0.3 is 19.5 Å². The summed E-state index contributed by atoms with van der Waals surface area (Å²) in [6.45, 7) is 8.67. The molecule has 0 saturated carbocycles. The predicted octanol–water partition coefficient (Wildman–Crippen LogP) is 3.96. The third-order valence-electron chi connectivity index (χ3n) is 6.80. The molecule has 2 saturated heterocycles. The molecule has 0 aromatic heterocycles. The Balaban J connectivity index is 1.67. The van der Waals surface area contributed by atoms with E-state index in [2.05, 4.69) is 18.7 Å². The standard InChI is InChI=1S/C28H34N2O5/c1-19(2)20-5-7-21(8-6-20)25-24(26(31)22-9-11-23(34-3)12-10-22)27(32)28(33)30(25)14-4-13-29-15-17-35-18-16-29/h5-12,19,25,31H,4,13-18H2,1-3H3/b26-24-. The third-order valence-corrected chi connectivity index (χ3v) is 6.80. The smallest absolute Gasteiger partial charge is 0.295 e. The molecule has 1 atom stereocenters. The maximum Gasteiger partial charge on any atom is 0.295 e. The number of carbonyl (C=O) groups is 2. The summed E-state index contributed by atoms with van der Waals surface area (Å²) in [5.41, 5.74) is 2.59. The monoisotopic (exact) mass is 478 g/mol. The van der Waals surface area contributed by atoms with E-state index in [0.717, 1.165) is 31.6 Å². The Hall–Kier alpha value is -3.16. The van der Waals surface area contributed by atoms with E-state index >= 15 is 0 Å². The highest BCUT2D eigenvalue weighted by atomic mass is 16.5. The molecule has 2 aliphatic rings. The Kier molecular flexibility index (Phi) is 7.88. The number of amides is 1. The molecule has 2 fully saturated rings. The number of aliphatic hydroxyl groups excluding tert-OH is 1. The lowest BCUT2D eigenvalue weighted by atomic mass is 9.93. The van der Waals surface area contributed by atoms with Crippen LogP contribution in [0.15, 0.2) is 54.1 Å². The van der Waals surface area contributed by atoms with Crippen LogP contribution in [0.4, 0.5) is 0 Å². The van der Waals surface area contributed by atoms with E-state index in [-0.39, 0.29) is 11.3 Å². The minimum atomic E-state index is -0.650. The lowest BCUT2D eigenvalue weighted by molar-refractivity contribution is -0.140. The van der Waals surface area contributed by atoms with Crippen LogP contribution in [-0.2, 0) is 14.3 Å². The second kappa shape index (κ2) is 11.1. The average molecular weight is 479 g/mol. The maximum atomic E-state index is 13.2. The Morgan fingerprint density at radius 1 is 1.03 bits per heavy atom. The number of aliphatic hydroxyl groups is 1. The van der Waals surface area contributed by atoms with Crippen molar-refractivity contribution >= 4 is 17.4 Å². The van der Waals surface area contributed by atoms with E-state index < -0.39 is 17.7 Å². The van der Waals surface area contributed by atoms with Crippen LogP contribution in [0.1, 0.15) is 48.9 Å². The highest BCUT2D eigenvalue weighted by molar-refractivity contribution is 6.46. The van der Waals surface area contributed by atoms with Gasteiger partial charge in [-0.2, -0.15) is 0 Å². The van der Waals surface area contributed by atoms with Gasteiger partial charge in [0.2, 0.25) is 0 Å². The van der Waals surface area contributed by atoms with Crippen LogP contribution >= 0.6 is 0 Å². The summed E-state index contributed by atoms with van der Waals surface area (Å²) in [7, 11) is 1.57. The van der Waals surface area contributed by atoms with E-state index in [0.29, 0.717) is 37.0 Å². The van der Waals surface area contributed by atoms with Crippen LogP contribution in [0.25, 0.3) is 5.76 Å². The molecule has 2 aromatic carbocycles. The molecule has 186 valence electrons. The zero-order valence-corrected chi connectivity index (χ0v) is 20.7. The molecular weight excluding hydrogens is 444 g/mol. The van der Waals surface area contributed by atoms with Gasteiger partial charge in [0.25, 0.3) is 11.7 Å². The number of ketones is 1. The Morgan fingerprint density at radius 2 is 1.69 bits per heavy atom. The lowest BCUT2D eigenvalue weighted by Crippen LogP contribution is -2.38. The molecule has 0 aliphatic carbocycles. The summed E-state index contributed by atoms with van der Waals surface area (Å²) < 4.78 is 10.6. The third kappa shape index (κ3) is 5.41. The molecule has 0 spiro atoms. The van der Waals surface area contributed by atoms with E-state index in [1.54, 1.807) is 36.3 Å². The zero-order valence-electron chi connectivity index (χ0n) is 20.7. The normalized spacial score (nSPS) is 20.6. The molecule has 2 aromatic rings. The van der Waals surface area contributed by atoms with Crippen molar-refractivity contribution in [3.63, 3.8) is 0 Å². The maximum absolute atomic E-state index is 13.2. The summed E-state index contributed by atoms with van der Waals surface area (Å²) in [6.07, 6.45) is 0.732. The first-order chi connectivity index (χ1) is 16.9. The quantitative estimate of drug-likeness (QED) is 0.352. The number of hydrogen-bond donors (Lipinski definition) is 1. The van der Waals surface area contributed by atoms with E-state index in [9.17, 15) is 14.7 Å². The van der Waals surface area contributed by atoms with Gasteiger partial charge in [-0.1, -0.05) is 38.1 Å².